The molecule has 0 saturated carbocycles. The van der Waals surface area contributed by atoms with Crippen LogP contribution in [0, 0.1) is 11.2 Å². The normalized spacial score (nSPS) is 21.1. The van der Waals surface area contributed by atoms with Crippen LogP contribution < -0.4 is 10.6 Å². The third kappa shape index (κ3) is 5.57. The summed E-state index contributed by atoms with van der Waals surface area (Å²) in [7, 11) is 0. The molecule has 3 atom stereocenters. The van der Waals surface area contributed by atoms with Crippen molar-refractivity contribution in [2.24, 2.45) is 5.41 Å². The van der Waals surface area contributed by atoms with E-state index in [1.165, 1.54) is 17.0 Å². The van der Waals surface area contributed by atoms with Gasteiger partial charge in [-0.05, 0) is 41.3 Å². The Kier molecular flexibility index (Phi) is 6.95. The van der Waals surface area contributed by atoms with Crippen molar-refractivity contribution in [3.8, 4) is 0 Å². The van der Waals surface area contributed by atoms with Crippen LogP contribution in [0.5, 0.6) is 0 Å². The van der Waals surface area contributed by atoms with Crippen LogP contribution in [0.15, 0.2) is 51.4 Å². The van der Waals surface area contributed by atoms with Gasteiger partial charge in [-0.1, -0.05) is 64.8 Å². The molecule has 0 radical (unpaired) electrons. The van der Waals surface area contributed by atoms with E-state index in [2.05, 4.69) is 42.5 Å². The molecule has 1 unspecified atom stereocenters. The highest BCUT2D eigenvalue weighted by atomic mass is 79.9. The van der Waals surface area contributed by atoms with Crippen molar-refractivity contribution in [3.05, 3.63) is 62.8 Å². The zero-order valence-corrected chi connectivity index (χ0v) is 20.5. The Hall–Kier alpha value is -2.13. The fourth-order valence-corrected chi connectivity index (χ4v) is 5.50. The van der Waals surface area contributed by atoms with Gasteiger partial charge in [-0.3, -0.25) is 0 Å². The zero-order chi connectivity index (χ0) is 22.9. The van der Waals surface area contributed by atoms with Crippen LogP contribution in [0.1, 0.15) is 32.3 Å². The van der Waals surface area contributed by atoms with Crippen LogP contribution in [0.3, 0.4) is 0 Å². The smallest absolute Gasteiger partial charge is 0.407 e. The number of carbonyl (C=O) groups is 2. The van der Waals surface area contributed by atoms with E-state index in [1.807, 2.05) is 26.8 Å². The summed E-state index contributed by atoms with van der Waals surface area (Å²) < 4.78 is 15.1. The van der Waals surface area contributed by atoms with E-state index in [1.54, 1.807) is 24.3 Å². The summed E-state index contributed by atoms with van der Waals surface area (Å²) in [4.78, 5) is 26.3. The molecule has 3 N–H and O–H groups in total. The van der Waals surface area contributed by atoms with Gasteiger partial charge in [0, 0.05) is 27.1 Å². The van der Waals surface area contributed by atoms with E-state index in [0.29, 0.717) is 5.69 Å². The maximum atomic E-state index is 13.5. The minimum atomic E-state index is -1.05. The number of hydrogen-bond donors (Lipinski definition) is 3. The molecule has 1 heterocycles. The molecule has 1 aliphatic rings. The van der Waals surface area contributed by atoms with Crippen molar-refractivity contribution in [1.82, 2.24) is 10.2 Å². The Morgan fingerprint density at radius 3 is 2.19 bits per heavy atom. The van der Waals surface area contributed by atoms with Crippen LogP contribution in [0.4, 0.5) is 19.7 Å². The van der Waals surface area contributed by atoms with Gasteiger partial charge >= 0.3 is 12.1 Å². The first-order valence-corrected chi connectivity index (χ1v) is 11.3. The highest BCUT2D eigenvalue weighted by Gasteiger charge is 2.50. The Labute approximate surface area is 197 Å². The molecule has 2 aromatic rings. The summed E-state index contributed by atoms with van der Waals surface area (Å²) in [6.45, 7) is 6.03. The predicted molar refractivity (Wildman–Crippen MR) is 125 cm³/mol. The number of anilines is 1. The van der Waals surface area contributed by atoms with Crippen LogP contribution in [-0.4, -0.2) is 40.8 Å². The zero-order valence-electron chi connectivity index (χ0n) is 17.3. The predicted octanol–water partition coefficient (Wildman–Crippen LogP) is 6.03. The topological polar surface area (TPSA) is 81.7 Å². The van der Waals surface area contributed by atoms with Gasteiger partial charge in [0.05, 0.1) is 12.1 Å². The van der Waals surface area contributed by atoms with Crippen LogP contribution in [0.2, 0.25) is 0 Å². The minimum absolute atomic E-state index is 0.205. The van der Waals surface area contributed by atoms with Crippen molar-refractivity contribution in [2.45, 2.75) is 38.8 Å². The molecule has 0 aliphatic carbocycles. The summed E-state index contributed by atoms with van der Waals surface area (Å²) in [5, 5.41) is 15.6. The number of rotatable bonds is 3. The maximum absolute atomic E-state index is 13.5. The number of carboxylic acid groups (broad SMARTS) is 1. The molecule has 3 amide bonds. The SMILES string of the molecule is CC(C)(C)C1[C@@H](NC(=O)Nc2cc(Br)cc(Br)c2)[C@H](c2ccc(F)cc2)CN1C(=O)O. The fraction of sp³-hybridized carbons (Fsp3) is 0.364. The minimum Gasteiger partial charge on any atom is -0.465 e. The standard InChI is InChI=1S/C22H24Br2FN3O3/c1-22(2,3)19-18(27-20(29)26-16-9-13(23)8-14(24)10-16)17(11-28(19)21(30)31)12-4-6-15(25)7-5-12/h4-10,17-19H,11H2,1-3H3,(H,30,31)(H2,26,27,29)/t17-,18-,19?/m0/s1. The molecule has 0 bridgehead atoms. The molecule has 166 valence electrons. The van der Waals surface area contributed by atoms with Crippen molar-refractivity contribution in [1.29, 1.82) is 0 Å². The summed E-state index contributed by atoms with van der Waals surface area (Å²) in [5.41, 5.74) is 0.913. The summed E-state index contributed by atoms with van der Waals surface area (Å²) in [6.07, 6.45) is -1.05. The van der Waals surface area contributed by atoms with E-state index in [4.69, 9.17) is 0 Å². The van der Waals surface area contributed by atoms with Crippen molar-refractivity contribution >= 4 is 49.7 Å². The Morgan fingerprint density at radius 2 is 1.68 bits per heavy atom. The number of carbonyl (C=O) groups excluding carboxylic acids is 1. The van der Waals surface area contributed by atoms with Crippen LogP contribution in [-0.2, 0) is 0 Å². The second-order valence-corrected chi connectivity index (χ2v) is 10.5. The molecule has 31 heavy (non-hydrogen) atoms. The number of likely N-dealkylation sites (tertiary alicyclic amines) is 1. The first kappa shape index (κ1) is 23.5. The lowest BCUT2D eigenvalue weighted by Gasteiger charge is -2.37. The number of nitrogens with zero attached hydrogens (tertiary/aromatic N) is 1. The summed E-state index contributed by atoms with van der Waals surface area (Å²) in [5.74, 6) is -0.687. The molecule has 1 fully saturated rings. The molecular formula is C22H24Br2FN3O3. The van der Waals surface area contributed by atoms with Gasteiger partial charge in [0.25, 0.3) is 0 Å². The molecule has 0 aromatic heterocycles. The molecule has 1 saturated heterocycles. The van der Waals surface area contributed by atoms with Crippen LogP contribution in [0.25, 0.3) is 0 Å². The van der Waals surface area contributed by atoms with E-state index in [9.17, 15) is 19.1 Å². The Morgan fingerprint density at radius 1 is 1.10 bits per heavy atom. The van der Waals surface area contributed by atoms with E-state index >= 15 is 0 Å². The number of hydrogen-bond acceptors (Lipinski definition) is 2. The number of halogens is 3. The molecule has 6 nitrogen and oxygen atoms in total. The van der Waals surface area contributed by atoms with Gasteiger partial charge in [0.2, 0.25) is 0 Å². The van der Waals surface area contributed by atoms with Crippen molar-refractivity contribution in [3.63, 3.8) is 0 Å². The van der Waals surface area contributed by atoms with Gasteiger partial charge in [0.15, 0.2) is 0 Å². The fourth-order valence-electron chi connectivity index (χ4n) is 4.20. The van der Waals surface area contributed by atoms with Gasteiger partial charge in [-0.15, -0.1) is 0 Å². The largest absolute Gasteiger partial charge is 0.465 e. The Balaban J connectivity index is 1.92. The van der Waals surface area contributed by atoms with E-state index in [-0.39, 0.29) is 18.3 Å². The third-order valence-electron chi connectivity index (χ3n) is 5.35. The second-order valence-electron chi connectivity index (χ2n) is 8.69. The lowest BCUT2D eigenvalue weighted by molar-refractivity contribution is 0.0983. The highest BCUT2D eigenvalue weighted by Crippen LogP contribution is 2.40. The molecular weight excluding hydrogens is 533 g/mol. The van der Waals surface area contributed by atoms with E-state index < -0.39 is 29.6 Å². The number of amides is 3. The molecule has 3 rings (SSSR count). The van der Waals surface area contributed by atoms with Crippen molar-refractivity contribution < 1.29 is 19.1 Å². The summed E-state index contributed by atoms with van der Waals surface area (Å²) in [6, 6.07) is 9.95. The van der Waals surface area contributed by atoms with Crippen molar-refractivity contribution in [2.75, 3.05) is 11.9 Å². The monoisotopic (exact) mass is 555 g/mol. The van der Waals surface area contributed by atoms with Crippen LogP contribution >= 0.6 is 31.9 Å². The molecule has 0 spiro atoms. The number of nitrogens with one attached hydrogen (secondary N) is 2. The van der Waals surface area contributed by atoms with Gasteiger partial charge in [0.1, 0.15) is 5.82 Å². The number of benzene rings is 2. The first-order valence-electron chi connectivity index (χ1n) is 9.74. The molecule has 1 aliphatic heterocycles. The number of urea groups is 1. The summed E-state index contributed by atoms with van der Waals surface area (Å²) >= 11 is 6.78. The third-order valence-corrected chi connectivity index (χ3v) is 6.27. The van der Waals surface area contributed by atoms with Gasteiger partial charge in [-0.2, -0.15) is 0 Å². The molecule has 9 heteroatoms. The maximum Gasteiger partial charge on any atom is 0.407 e. The van der Waals surface area contributed by atoms with Gasteiger partial charge < -0.3 is 20.6 Å². The lowest BCUT2D eigenvalue weighted by atomic mass is 9.79. The quantitative estimate of drug-likeness (QED) is 0.431. The lowest BCUT2D eigenvalue weighted by Crippen LogP contribution is -2.54. The average molecular weight is 557 g/mol. The highest BCUT2D eigenvalue weighted by molar-refractivity contribution is 9.11. The first-order chi connectivity index (χ1) is 14.5. The molecule has 2 aromatic carbocycles. The van der Waals surface area contributed by atoms with E-state index in [0.717, 1.165) is 14.5 Å². The van der Waals surface area contributed by atoms with Gasteiger partial charge in [-0.25, -0.2) is 14.0 Å². The Bertz CT molecular complexity index is 959. The second kappa shape index (κ2) is 9.16. The average Bonchev–Trinajstić information content (AvgIpc) is 3.01.